The normalized spacial score (nSPS) is 14.4. The van der Waals surface area contributed by atoms with Gasteiger partial charge in [0.15, 0.2) is 0 Å². The van der Waals surface area contributed by atoms with Gasteiger partial charge in [-0.05, 0) is 68.8 Å². The first-order chi connectivity index (χ1) is 14.5. The molecular formula is C23H21FN4O2. The van der Waals surface area contributed by atoms with E-state index in [9.17, 15) is 19.2 Å². The van der Waals surface area contributed by atoms with Gasteiger partial charge in [-0.2, -0.15) is 5.26 Å². The molecule has 0 radical (unpaired) electrons. The molecule has 0 atom stereocenters. The molecule has 1 aromatic heterocycles. The Hall–Kier alpha value is -3.50. The number of amides is 1. The van der Waals surface area contributed by atoms with Crippen molar-refractivity contribution in [3.05, 3.63) is 69.8 Å². The van der Waals surface area contributed by atoms with E-state index in [0.29, 0.717) is 42.5 Å². The van der Waals surface area contributed by atoms with Crippen LogP contribution in [0.15, 0.2) is 47.3 Å². The molecule has 1 aliphatic heterocycles. The lowest BCUT2D eigenvalue weighted by atomic mass is 9.95. The number of aromatic amines is 1. The van der Waals surface area contributed by atoms with E-state index in [2.05, 4.69) is 10.3 Å². The van der Waals surface area contributed by atoms with Crippen molar-refractivity contribution in [2.75, 3.05) is 18.0 Å². The summed E-state index contributed by atoms with van der Waals surface area (Å²) in [6.07, 6.45) is 1.30. The number of nitrogens with one attached hydrogen (secondary N) is 2. The third-order valence-corrected chi connectivity index (χ3v) is 5.47. The van der Waals surface area contributed by atoms with Crippen molar-refractivity contribution in [1.82, 2.24) is 10.3 Å². The number of benzene rings is 2. The molecule has 2 heterocycles. The fourth-order valence-corrected chi connectivity index (χ4v) is 3.94. The van der Waals surface area contributed by atoms with Crippen molar-refractivity contribution in [2.24, 2.45) is 5.92 Å². The molecular weight excluding hydrogens is 383 g/mol. The lowest BCUT2D eigenvalue weighted by molar-refractivity contribution is -0.122. The molecule has 152 valence electrons. The number of carbonyl (C=O) groups excluding carboxylic acids is 1. The van der Waals surface area contributed by atoms with Crippen molar-refractivity contribution < 1.29 is 9.18 Å². The highest BCUT2D eigenvalue weighted by molar-refractivity contribution is 6.10. The summed E-state index contributed by atoms with van der Waals surface area (Å²) in [6, 6.07) is 13.0. The van der Waals surface area contributed by atoms with Crippen molar-refractivity contribution in [3.63, 3.8) is 0 Å². The summed E-state index contributed by atoms with van der Waals surface area (Å²) in [5.74, 6) is -0.894. The first-order valence-electron chi connectivity index (χ1n) is 9.86. The van der Waals surface area contributed by atoms with Gasteiger partial charge in [-0.1, -0.05) is 12.1 Å². The van der Waals surface area contributed by atoms with Crippen LogP contribution in [0.3, 0.4) is 0 Å². The summed E-state index contributed by atoms with van der Waals surface area (Å²) in [5, 5.41) is 13.6. The first kappa shape index (κ1) is 19.8. The Labute approximate surface area is 172 Å². The van der Waals surface area contributed by atoms with Crippen LogP contribution in [0.4, 0.5) is 15.8 Å². The lowest BCUT2D eigenvalue weighted by Gasteiger charge is -2.31. The SMILES string of the molecule is Cc1ccc2c(N(C(=O)C3CCNCC3)c3ccc(F)cc3)c(C#N)c(=O)[nH]c2c1. The Morgan fingerprint density at radius 3 is 2.53 bits per heavy atom. The molecule has 4 rings (SSSR count). The van der Waals surface area contributed by atoms with Gasteiger partial charge in [0.25, 0.3) is 5.56 Å². The molecule has 3 aromatic rings. The van der Waals surface area contributed by atoms with Crippen LogP contribution in [-0.4, -0.2) is 24.0 Å². The van der Waals surface area contributed by atoms with E-state index in [-0.39, 0.29) is 23.1 Å². The molecule has 0 bridgehead atoms. The van der Waals surface area contributed by atoms with E-state index < -0.39 is 11.4 Å². The zero-order valence-corrected chi connectivity index (χ0v) is 16.5. The number of hydrogen-bond acceptors (Lipinski definition) is 4. The van der Waals surface area contributed by atoms with Crippen LogP contribution in [-0.2, 0) is 4.79 Å². The molecule has 0 unspecified atom stereocenters. The molecule has 1 saturated heterocycles. The van der Waals surface area contributed by atoms with Crippen LogP contribution in [0.5, 0.6) is 0 Å². The van der Waals surface area contributed by atoms with Gasteiger partial charge in [-0.15, -0.1) is 0 Å². The Kier molecular flexibility index (Phi) is 5.34. The summed E-state index contributed by atoms with van der Waals surface area (Å²) < 4.78 is 13.6. The standard InChI is InChI=1S/C23H21FN4O2/c1-14-2-7-18-20(12-14)27-22(29)19(13-25)21(18)28(17-5-3-16(24)4-6-17)23(30)15-8-10-26-11-9-15/h2-7,12,15,26H,8-11H2,1H3,(H,27,29). The zero-order chi connectivity index (χ0) is 21.3. The molecule has 7 heteroatoms. The van der Waals surface area contributed by atoms with Crippen LogP contribution in [0.1, 0.15) is 24.0 Å². The number of anilines is 2. The summed E-state index contributed by atoms with van der Waals surface area (Å²) in [5.41, 5.74) is 1.44. The third-order valence-electron chi connectivity index (χ3n) is 5.47. The second-order valence-corrected chi connectivity index (χ2v) is 7.51. The van der Waals surface area contributed by atoms with E-state index in [1.165, 1.54) is 29.2 Å². The second-order valence-electron chi connectivity index (χ2n) is 7.51. The fraction of sp³-hybridized carbons (Fsp3) is 0.261. The van der Waals surface area contributed by atoms with Gasteiger partial charge in [-0.25, -0.2) is 4.39 Å². The van der Waals surface area contributed by atoms with Crippen molar-refractivity contribution in [3.8, 4) is 6.07 Å². The van der Waals surface area contributed by atoms with Crippen molar-refractivity contribution >= 4 is 28.2 Å². The average Bonchev–Trinajstić information content (AvgIpc) is 2.75. The predicted molar refractivity (Wildman–Crippen MR) is 113 cm³/mol. The molecule has 6 nitrogen and oxygen atoms in total. The molecule has 0 saturated carbocycles. The Balaban J connectivity index is 2.00. The maximum absolute atomic E-state index is 13.7. The van der Waals surface area contributed by atoms with E-state index in [1.54, 1.807) is 12.1 Å². The maximum atomic E-state index is 13.7. The number of carbonyl (C=O) groups is 1. The van der Waals surface area contributed by atoms with Crippen molar-refractivity contribution in [1.29, 1.82) is 5.26 Å². The highest BCUT2D eigenvalue weighted by Gasteiger charge is 2.31. The molecule has 0 spiro atoms. The van der Waals surface area contributed by atoms with E-state index in [0.717, 1.165) is 5.56 Å². The number of piperidine rings is 1. The number of aryl methyl sites for hydroxylation is 1. The summed E-state index contributed by atoms with van der Waals surface area (Å²) in [6.45, 7) is 3.33. The molecule has 2 N–H and O–H groups in total. The van der Waals surface area contributed by atoms with Gasteiger partial charge in [0.2, 0.25) is 5.91 Å². The van der Waals surface area contributed by atoms with E-state index in [4.69, 9.17) is 0 Å². The number of halogens is 1. The average molecular weight is 404 g/mol. The molecule has 30 heavy (non-hydrogen) atoms. The maximum Gasteiger partial charge on any atom is 0.268 e. The quantitative estimate of drug-likeness (QED) is 0.699. The monoisotopic (exact) mass is 404 g/mol. The highest BCUT2D eigenvalue weighted by atomic mass is 19.1. The highest BCUT2D eigenvalue weighted by Crippen LogP contribution is 2.36. The molecule has 1 aliphatic rings. The second kappa shape index (κ2) is 8.09. The topological polar surface area (TPSA) is 89.0 Å². The number of fused-ring (bicyclic) bond motifs is 1. The number of hydrogen-bond donors (Lipinski definition) is 2. The van der Waals surface area contributed by atoms with Crippen LogP contribution in [0.2, 0.25) is 0 Å². The summed E-state index contributed by atoms with van der Waals surface area (Å²) in [7, 11) is 0. The third kappa shape index (κ3) is 3.58. The largest absolute Gasteiger partial charge is 0.321 e. The van der Waals surface area contributed by atoms with Gasteiger partial charge in [-0.3, -0.25) is 14.5 Å². The number of H-pyrrole nitrogens is 1. The summed E-state index contributed by atoms with van der Waals surface area (Å²) in [4.78, 5) is 30.5. The Bertz CT molecular complexity index is 1200. The molecule has 2 aromatic carbocycles. The van der Waals surface area contributed by atoms with Gasteiger partial charge in [0.1, 0.15) is 17.4 Å². The number of rotatable bonds is 3. The number of aromatic nitrogens is 1. The van der Waals surface area contributed by atoms with Crippen LogP contribution in [0.25, 0.3) is 10.9 Å². The van der Waals surface area contributed by atoms with Gasteiger partial charge in [0.05, 0.1) is 11.2 Å². The first-order valence-corrected chi connectivity index (χ1v) is 9.86. The number of nitrogens with zero attached hydrogens (tertiary/aromatic N) is 2. The molecule has 1 amide bonds. The fourth-order valence-electron chi connectivity index (χ4n) is 3.94. The minimum Gasteiger partial charge on any atom is -0.321 e. The minimum atomic E-state index is -0.559. The van der Waals surface area contributed by atoms with Gasteiger partial charge >= 0.3 is 0 Å². The van der Waals surface area contributed by atoms with E-state index in [1.807, 2.05) is 19.1 Å². The van der Waals surface area contributed by atoms with Crippen LogP contribution < -0.4 is 15.8 Å². The molecule has 1 fully saturated rings. The lowest BCUT2D eigenvalue weighted by Crippen LogP contribution is -2.40. The zero-order valence-electron chi connectivity index (χ0n) is 16.5. The molecule has 0 aliphatic carbocycles. The van der Waals surface area contributed by atoms with Gasteiger partial charge < -0.3 is 10.3 Å². The van der Waals surface area contributed by atoms with Gasteiger partial charge in [0, 0.05) is 17.0 Å². The Morgan fingerprint density at radius 1 is 1.17 bits per heavy atom. The minimum absolute atomic E-state index is 0.141. The Morgan fingerprint density at radius 2 is 1.87 bits per heavy atom. The number of nitriles is 1. The predicted octanol–water partition coefficient (Wildman–Crippen LogP) is 3.51. The van der Waals surface area contributed by atoms with Crippen molar-refractivity contribution in [2.45, 2.75) is 19.8 Å². The van der Waals surface area contributed by atoms with Crippen LogP contribution in [0, 0.1) is 30.0 Å². The smallest absolute Gasteiger partial charge is 0.268 e. The number of pyridine rings is 1. The van der Waals surface area contributed by atoms with E-state index >= 15 is 0 Å². The summed E-state index contributed by atoms with van der Waals surface area (Å²) >= 11 is 0. The van der Waals surface area contributed by atoms with Crippen LogP contribution >= 0.6 is 0 Å².